The summed E-state index contributed by atoms with van der Waals surface area (Å²) in [5.74, 6) is 0. The Labute approximate surface area is 104 Å². The highest BCUT2D eigenvalue weighted by molar-refractivity contribution is 6.31. The van der Waals surface area contributed by atoms with Crippen molar-refractivity contribution in [1.29, 1.82) is 0 Å². The largest absolute Gasteiger partial charge is 0.392 e. The van der Waals surface area contributed by atoms with Crippen LogP contribution in [0.2, 0.25) is 5.02 Å². The lowest BCUT2D eigenvalue weighted by atomic mass is 10.2. The van der Waals surface area contributed by atoms with Gasteiger partial charge in [0.2, 0.25) is 0 Å². The van der Waals surface area contributed by atoms with Crippen LogP contribution in [-0.4, -0.2) is 34.1 Å². The van der Waals surface area contributed by atoms with Gasteiger partial charge in [-0.2, -0.15) is 0 Å². The van der Waals surface area contributed by atoms with Crippen molar-refractivity contribution in [3.63, 3.8) is 0 Å². The molecule has 1 unspecified atom stereocenters. The molecular formula is C11H13ClN2O3. The minimum Gasteiger partial charge on any atom is -0.392 e. The van der Waals surface area contributed by atoms with E-state index in [9.17, 15) is 15.2 Å². The summed E-state index contributed by atoms with van der Waals surface area (Å²) in [5, 5.41) is 20.4. The highest BCUT2D eigenvalue weighted by Crippen LogP contribution is 2.24. The maximum absolute atomic E-state index is 10.6. The van der Waals surface area contributed by atoms with E-state index in [0.717, 1.165) is 18.5 Å². The second-order valence-electron chi connectivity index (χ2n) is 4.21. The van der Waals surface area contributed by atoms with Crippen molar-refractivity contribution in [3.8, 4) is 0 Å². The van der Waals surface area contributed by atoms with Gasteiger partial charge >= 0.3 is 0 Å². The fourth-order valence-electron chi connectivity index (χ4n) is 1.97. The first-order chi connectivity index (χ1) is 8.06. The van der Waals surface area contributed by atoms with E-state index in [0.29, 0.717) is 18.1 Å². The fourth-order valence-corrected chi connectivity index (χ4v) is 2.21. The molecule has 92 valence electrons. The summed E-state index contributed by atoms with van der Waals surface area (Å²) in [6.07, 6.45) is 0.497. The van der Waals surface area contributed by atoms with Gasteiger partial charge in [0.1, 0.15) is 0 Å². The van der Waals surface area contributed by atoms with Crippen LogP contribution in [0, 0.1) is 10.1 Å². The number of likely N-dealkylation sites (tertiary alicyclic amines) is 1. The molecule has 6 heteroatoms. The second-order valence-corrected chi connectivity index (χ2v) is 4.62. The molecule has 0 radical (unpaired) electrons. The lowest BCUT2D eigenvalue weighted by Gasteiger charge is -2.15. The highest BCUT2D eigenvalue weighted by atomic mass is 35.5. The Morgan fingerprint density at radius 3 is 2.88 bits per heavy atom. The van der Waals surface area contributed by atoms with Crippen molar-refractivity contribution in [2.45, 2.75) is 19.1 Å². The predicted octanol–water partition coefficient (Wildman–Crippen LogP) is 1.81. The molecular weight excluding hydrogens is 244 g/mol. The first-order valence-corrected chi connectivity index (χ1v) is 5.77. The molecule has 0 saturated carbocycles. The number of aliphatic hydroxyl groups is 1. The molecule has 1 aromatic carbocycles. The Kier molecular flexibility index (Phi) is 3.61. The first kappa shape index (κ1) is 12.3. The molecule has 0 bridgehead atoms. The lowest BCUT2D eigenvalue weighted by Crippen LogP contribution is -2.21. The molecule has 1 N–H and O–H groups in total. The van der Waals surface area contributed by atoms with Crippen molar-refractivity contribution in [3.05, 3.63) is 38.9 Å². The van der Waals surface area contributed by atoms with Crippen molar-refractivity contribution < 1.29 is 10.0 Å². The maximum atomic E-state index is 10.6. The summed E-state index contributed by atoms with van der Waals surface area (Å²) >= 11 is 5.99. The van der Waals surface area contributed by atoms with E-state index in [1.807, 2.05) is 0 Å². The first-order valence-electron chi connectivity index (χ1n) is 5.39. The SMILES string of the molecule is O=[N+]([O-])c1ccc(CN2CCC(O)C2)c(Cl)c1. The van der Waals surface area contributed by atoms with Crippen LogP contribution in [0.1, 0.15) is 12.0 Å². The third-order valence-corrected chi connectivity index (χ3v) is 3.24. The van der Waals surface area contributed by atoms with Gasteiger partial charge in [0.25, 0.3) is 5.69 Å². The molecule has 1 fully saturated rings. The summed E-state index contributed by atoms with van der Waals surface area (Å²) in [7, 11) is 0. The predicted molar refractivity (Wildman–Crippen MR) is 64.0 cm³/mol. The van der Waals surface area contributed by atoms with Gasteiger partial charge in [-0.15, -0.1) is 0 Å². The van der Waals surface area contributed by atoms with Crippen LogP contribution in [0.5, 0.6) is 0 Å². The van der Waals surface area contributed by atoms with E-state index in [-0.39, 0.29) is 11.8 Å². The van der Waals surface area contributed by atoms with Gasteiger partial charge in [-0.1, -0.05) is 11.6 Å². The smallest absolute Gasteiger partial charge is 0.270 e. The van der Waals surface area contributed by atoms with E-state index in [1.165, 1.54) is 12.1 Å². The van der Waals surface area contributed by atoms with Crippen molar-refractivity contribution in [2.75, 3.05) is 13.1 Å². The number of halogens is 1. The standard InChI is InChI=1S/C11H13ClN2O3/c12-11-5-9(14(16)17)2-1-8(11)6-13-4-3-10(15)7-13/h1-2,5,10,15H,3-4,6-7H2. The van der Waals surface area contributed by atoms with Crippen LogP contribution < -0.4 is 0 Å². The second kappa shape index (κ2) is 5.00. The van der Waals surface area contributed by atoms with Crippen LogP contribution in [0.15, 0.2) is 18.2 Å². The van der Waals surface area contributed by atoms with Gasteiger partial charge < -0.3 is 5.11 Å². The lowest BCUT2D eigenvalue weighted by molar-refractivity contribution is -0.384. The molecule has 2 rings (SSSR count). The minimum absolute atomic E-state index is 0.000191. The molecule has 0 amide bonds. The van der Waals surface area contributed by atoms with Gasteiger partial charge in [0.05, 0.1) is 16.0 Å². The Balaban J connectivity index is 2.09. The zero-order valence-corrected chi connectivity index (χ0v) is 9.93. The Morgan fingerprint density at radius 1 is 1.59 bits per heavy atom. The summed E-state index contributed by atoms with van der Waals surface area (Å²) in [4.78, 5) is 12.2. The quantitative estimate of drug-likeness (QED) is 0.662. The van der Waals surface area contributed by atoms with Crippen LogP contribution >= 0.6 is 11.6 Å². The molecule has 17 heavy (non-hydrogen) atoms. The Bertz CT molecular complexity index is 439. The molecule has 1 aromatic rings. The van der Waals surface area contributed by atoms with Crippen LogP contribution in [0.3, 0.4) is 0 Å². The van der Waals surface area contributed by atoms with Crippen molar-refractivity contribution in [1.82, 2.24) is 4.90 Å². The topological polar surface area (TPSA) is 66.6 Å². The average molecular weight is 257 g/mol. The number of benzene rings is 1. The number of hydrogen-bond donors (Lipinski definition) is 1. The number of rotatable bonds is 3. The molecule has 1 aliphatic heterocycles. The summed E-state index contributed by atoms with van der Waals surface area (Å²) in [6, 6.07) is 4.49. The van der Waals surface area contributed by atoms with Gasteiger partial charge in [0.15, 0.2) is 0 Å². The van der Waals surface area contributed by atoms with Crippen LogP contribution in [0.4, 0.5) is 5.69 Å². The number of nitro groups is 1. The molecule has 1 aliphatic rings. The number of aliphatic hydroxyl groups excluding tert-OH is 1. The zero-order chi connectivity index (χ0) is 12.4. The van der Waals surface area contributed by atoms with Crippen molar-refractivity contribution >= 4 is 17.3 Å². The molecule has 0 aromatic heterocycles. The number of hydrogen-bond acceptors (Lipinski definition) is 4. The third kappa shape index (κ3) is 2.94. The van der Waals surface area contributed by atoms with Gasteiger partial charge in [0, 0.05) is 31.8 Å². The monoisotopic (exact) mass is 256 g/mol. The Morgan fingerprint density at radius 2 is 2.35 bits per heavy atom. The van der Waals surface area contributed by atoms with Crippen LogP contribution in [-0.2, 0) is 6.54 Å². The highest BCUT2D eigenvalue weighted by Gasteiger charge is 2.21. The number of β-amino-alcohol motifs (C(OH)–C–C–N with tert-alkyl or cyclic N) is 1. The molecule has 1 atom stereocenters. The average Bonchev–Trinajstić information content (AvgIpc) is 2.67. The molecule has 0 aliphatic carbocycles. The number of nitrogens with zero attached hydrogens (tertiary/aromatic N) is 2. The third-order valence-electron chi connectivity index (χ3n) is 2.89. The molecule has 1 heterocycles. The zero-order valence-electron chi connectivity index (χ0n) is 9.17. The molecule has 5 nitrogen and oxygen atoms in total. The summed E-state index contributed by atoms with van der Waals surface area (Å²) in [5.41, 5.74) is 0.853. The Hall–Kier alpha value is -1.17. The van der Waals surface area contributed by atoms with Gasteiger partial charge in [-0.25, -0.2) is 0 Å². The number of non-ortho nitro benzene ring substituents is 1. The molecule has 0 spiro atoms. The van der Waals surface area contributed by atoms with E-state index in [2.05, 4.69) is 4.90 Å². The normalized spacial score (nSPS) is 20.7. The van der Waals surface area contributed by atoms with Gasteiger partial charge in [-0.05, 0) is 18.1 Å². The van der Waals surface area contributed by atoms with E-state index in [4.69, 9.17) is 11.6 Å². The molecule has 1 saturated heterocycles. The van der Waals surface area contributed by atoms with Crippen molar-refractivity contribution in [2.24, 2.45) is 0 Å². The fraction of sp³-hybridized carbons (Fsp3) is 0.455. The summed E-state index contributed by atoms with van der Waals surface area (Å²) in [6.45, 7) is 2.08. The van der Waals surface area contributed by atoms with Gasteiger partial charge in [-0.3, -0.25) is 15.0 Å². The van der Waals surface area contributed by atoms with E-state index in [1.54, 1.807) is 6.07 Å². The van der Waals surface area contributed by atoms with Crippen LogP contribution in [0.25, 0.3) is 0 Å². The maximum Gasteiger partial charge on any atom is 0.270 e. The van der Waals surface area contributed by atoms with E-state index < -0.39 is 4.92 Å². The number of nitro benzene ring substituents is 1. The minimum atomic E-state index is -0.463. The van der Waals surface area contributed by atoms with E-state index >= 15 is 0 Å². The summed E-state index contributed by atoms with van der Waals surface area (Å²) < 4.78 is 0.